The molecular weight excluding hydrogens is 240 g/mol. The van der Waals surface area contributed by atoms with Crippen molar-refractivity contribution < 1.29 is 4.79 Å². The van der Waals surface area contributed by atoms with E-state index in [1.165, 1.54) is 0 Å². The molecule has 5 heteroatoms. The van der Waals surface area contributed by atoms with Gasteiger partial charge in [0.25, 0.3) is 0 Å². The fourth-order valence-corrected chi connectivity index (χ4v) is 1.89. The smallest absolute Gasteiger partial charge is 0.223 e. The molecule has 0 unspecified atom stereocenters. The van der Waals surface area contributed by atoms with Gasteiger partial charge < -0.3 is 20.4 Å². The van der Waals surface area contributed by atoms with Gasteiger partial charge in [0.05, 0.1) is 0 Å². The average Bonchev–Trinajstić information content (AvgIpc) is 2.38. The lowest BCUT2D eigenvalue weighted by molar-refractivity contribution is -0.130. The Balaban J connectivity index is 3.97. The minimum Gasteiger partial charge on any atom is -0.346 e. The highest BCUT2D eigenvalue weighted by atomic mass is 16.2. The molecule has 19 heavy (non-hydrogen) atoms. The number of carbonyl (C=O) groups is 1. The average molecular weight is 272 g/mol. The van der Waals surface area contributed by atoms with Crippen molar-refractivity contribution in [1.29, 1.82) is 0 Å². The van der Waals surface area contributed by atoms with Crippen LogP contribution in [0.4, 0.5) is 0 Å². The summed E-state index contributed by atoms with van der Waals surface area (Å²) in [7, 11) is 6.02. The molecule has 0 heterocycles. The highest BCUT2D eigenvalue weighted by molar-refractivity contribution is 5.76. The van der Waals surface area contributed by atoms with E-state index in [9.17, 15) is 4.79 Å². The van der Waals surface area contributed by atoms with E-state index in [-0.39, 0.29) is 5.91 Å². The van der Waals surface area contributed by atoms with Gasteiger partial charge in [-0.3, -0.25) is 4.79 Å². The number of nitrogens with zero attached hydrogens (tertiary/aromatic N) is 3. The third kappa shape index (κ3) is 9.87. The van der Waals surface area contributed by atoms with Crippen molar-refractivity contribution in [1.82, 2.24) is 14.7 Å². The first-order valence-electron chi connectivity index (χ1n) is 7.32. The van der Waals surface area contributed by atoms with Gasteiger partial charge in [0.15, 0.2) is 0 Å². The van der Waals surface area contributed by atoms with Crippen LogP contribution in [0.25, 0.3) is 0 Å². The van der Waals surface area contributed by atoms with Crippen LogP contribution < -0.4 is 5.73 Å². The predicted octanol–water partition coefficient (Wildman–Crippen LogP) is 0.457. The molecule has 0 aliphatic carbocycles. The van der Waals surface area contributed by atoms with Crippen molar-refractivity contribution in [3.63, 3.8) is 0 Å². The van der Waals surface area contributed by atoms with Crippen LogP contribution in [-0.2, 0) is 4.79 Å². The summed E-state index contributed by atoms with van der Waals surface area (Å²) in [6, 6.07) is 0. The summed E-state index contributed by atoms with van der Waals surface area (Å²) in [5, 5.41) is 0. The highest BCUT2D eigenvalue weighted by Crippen LogP contribution is 1.98. The Morgan fingerprint density at radius 1 is 1.00 bits per heavy atom. The van der Waals surface area contributed by atoms with Crippen molar-refractivity contribution in [3.8, 4) is 0 Å². The van der Waals surface area contributed by atoms with E-state index < -0.39 is 0 Å². The zero-order valence-electron chi connectivity index (χ0n) is 13.2. The maximum absolute atomic E-state index is 11.9. The second-order valence-electron chi connectivity index (χ2n) is 5.35. The number of carbonyl (C=O) groups excluding carboxylic acids is 1. The summed E-state index contributed by atoms with van der Waals surface area (Å²) in [6.45, 7) is 7.57. The van der Waals surface area contributed by atoms with Crippen molar-refractivity contribution in [2.45, 2.75) is 26.2 Å². The number of hydrogen-bond acceptors (Lipinski definition) is 4. The Kier molecular flexibility index (Phi) is 10.8. The van der Waals surface area contributed by atoms with E-state index in [0.29, 0.717) is 13.0 Å². The summed E-state index contributed by atoms with van der Waals surface area (Å²) in [6.07, 6.45) is 2.61. The van der Waals surface area contributed by atoms with E-state index in [1.807, 2.05) is 7.05 Å². The third-order valence-corrected chi connectivity index (χ3v) is 3.17. The monoisotopic (exact) mass is 272 g/mol. The molecule has 0 atom stereocenters. The fraction of sp³-hybridized carbons (Fsp3) is 0.929. The van der Waals surface area contributed by atoms with Gasteiger partial charge in [0, 0.05) is 39.6 Å². The standard InChI is InChI=1S/C14H32N4O/c1-5-9-18(13-12-16(2)3)11-7-14(19)17(4)10-6-8-15/h5-13,15H2,1-4H3. The molecule has 0 aliphatic heterocycles. The Bertz CT molecular complexity index is 233. The van der Waals surface area contributed by atoms with Crippen molar-refractivity contribution in [3.05, 3.63) is 0 Å². The molecule has 0 aromatic heterocycles. The van der Waals surface area contributed by atoms with Crippen LogP contribution in [0.5, 0.6) is 0 Å². The van der Waals surface area contributed by atoms with Crippen LogP contribution in [0, 0.1) is 0 Å². The van der Waals surface area contributed by atoms with E-state index in [2.05, 4.69) is 30.8 Å². The SMILES string of the molecule is CCCN(CCC(=O)N(C)CCCN)CCN(C)C. The van der Waals surface area contributed by atoms with Gasteiger partial charge in [0.2, 0.25) is 5.91 Å². The molecule has 0 aromatic rings. The maximum atomic E-state index is 11.9. The molecule has 114 valence electrons. The van der Waals surface area contributed by atoms with Crippen LogP contribution in [-0.4, -0.2) is 81.0 Å². The molecule has 0 aromatic carbocycles. The van der Waals surface area contributed by atoms with Gasteiger partial charge in [0.1, 0.15) is 0 Å². The molecule has 2 N–H and O–H groups in total. The van der Waals surface area contributed by atoms with Crippen molar-refractivity contribution in [2.24, 2.45) is 5.73 Å². The number of hydrogen-bond donors (Lipinski definition) is 1. The summed E-state index contributed by atoms with van der Waals surface area (Å²) in [5.41, 5.74) is 5.46. The number of nitrogens with two attached hydrogens (primary N) is 1. The molecule has 0 spiro atoms. The maximum Gasteiger partial charge on any atom is 0.223 e. The summed E-state index contributed by atoms with van der Waals surface area (Å²) in [4.78, 5) is 18.3. The van der Waals surface area contributed by atoms with Crippen LogP contribution in [0.3, 0.4) is 0 Å². The number of amides is 1. The summed E-state index contributed by atoms with van der Waals surface area (Å²) in [5.74, 6) is 0.222. The first-order chi connectivity index (χ1) is 9.01. The zero-order valence-corrected chi connectivity index (χ0v) is 13.2. The van der Waals surface area contributed by atoms with Gasteiger partial charge in [-0.1, -0.05) is 6.92 Å². The Morgan fingerprint density at radius 3 is 2.21 bits per heavy atom. The van der Waals surface area contributed by atoms with E-state index in [0.717, 1.165) is 45.6 Å². The molecule has 1 amide bonds. The van der Waals surface area contributed by atoms with Gasteiger partial charge >= 0.3 is 0 Å². The lowest BCUT2D eigenvalue weighted by Crippen LogP contribution is -2.36. The Labute approximate surface area is 118 Å². The van der Waals surface area contributed by atoms with Crippen LogP contribution in [0.2, 0.25) is 0 Å². The predicted molar refractivity (Wildman–Crippen MR) is 81.2 cm³/mol. The number of rotatable bonds is 11. The van der Waals surface area contributed by atoms with Gasteiger partial charge in [-0.05, 0) is 40.0 Å². The summed E-state index contributed by atoms with van der Waals surface area (Å²) < 4.78 is 0. The largest absolute Gasteiger partial charge is 0.346 e. The molecule has 0 saturated heterocycles. The minimum atomic E-state index is 0.222. The Hall–Kier alpha value is -0.650. The normalized spacial score (nSPS) is 11.3. The summed E-state index contributed by atoms with van der Waals surface area (Å²) >= 11 is 0. The molecule has 0 saturated carbocycles. The lowest BCUT2D eigenvalue weighted by atomic mass is 10.3. The fourth-order valence-electron chi connectivity index (χ4n) is 1.89. The van der Waals surface area contributed by atoms with Gasteiger partial charge in [-0.15, -0.1) is 0 Å². The molecule has 0 fully saturated rings. The topological polar surface area (TPSA) is 52.8 Å². The van der Waals surface area contributed by atoms with Crippen molar-refractivity contribution >= 4 is 5.91 Å². The van der Waals surface area contributed by atoms with Crippen LogP contribution >= 0.6 is 0 Å². The molecule has 0 radical (unpaired) electrons. The quantitative estimate of drug-likeness (QED) is 0.594. The molecule has 0 rings (SSSR count). The van der Waals surface area contributed by atoms with Gasteiger partial charge in [-0.2, -0.15) is 0 Å². The first-order valence-corrected chi connectivity index (χ1v) is 7.32. The molecule has 0 bridgehead atoms. The van der Waals surface area contributed by atoms with Crippen LogP contribution in [0.1, 0.15) is 26.2 Å². The number of likely N-dealkylation sites (N-methyl/N-ethyl adjacent to an activating group) is 1. The third-order valence-electron chi connectivity index (χ3n) is 3.17. The lowest BCUT2D eigenvalue weighted by Gasteiger charge is -2.24. The molecule has 5 nitrogen and oxygen atoms in total. The Morgan fingerprint density at radius 2 is 1.68 bits per heavy atom. The van der Waals surface area contributed by atoms with Crippen LogP contribution in [0.15, 0.2) is 0 Å². The second-order valence-corrected chi connectivity index (χ2v) is 5.35. The van der Waals surface area contributed by atoms with Crippen molar-refractivity contribution in [2.75, 3.05) is 60.4 Å². The highest BCUT2D eigenvalue weighted by Gasteiger charge is 2.11. The van der Waals surface area contributed by atoms with E-state index in [1.54, 1.807) is 4.90 Å². The second kappa shape index (κ2) is 11.2. The minimum absolute atomic E-state index is 0.222. The van der Waals surface area contributed by atoms with E-state index in [4.69, 9.17) is 5.73 Å². The molecular formula is C14H32N4O. The zero-order chi connectivity index (χ0) is 14.7. The first kappa shape index (κ1) is 18.4. The van der Waals surface area contributed by atoms with Gasteiger partial charge in [-0.25, -0.2) is 0 Å². The van der Waals surface area contributed by atoms with E-state index >= 15 is 0 Å². The molecule has 0 aliphatic rings.